The zero-order valence-electron chi connectivity index (χ0n) is 7.11. The van der Waals surface area contributed by atoms with E-state index in [1.165, 1.54) is 0 Å². The Kier molecular flexibility index (Phi) is 2.52. The van der Waals surface area contributed by atoms with Crippen LogP contribution in [0.4, 0.5) is 0 Å². The molecule has 1 rings (SSSR count). The first kappa shape index (κ1) is 9.26. The lowest BCUT2D eigenvalue weighted by Crippen LogP contribution is -2.13. The van der Waals surface area contributed by atoms with Crippen LogP contribution in [0.1, 0.15) is 16.7 Å². The molecular weight excluding hydrogens is 216 g/mol. The molecule has 0 fully saturated rings. The summed E-state index contributed by atoms with van der Waals surface area (Å²) in [5.41, 5.74) is 8.39. The molecule has 64 valence electrons. The predicted octanol–water partition coefficient (Wildman–Crippen LogP) is 2.35. The number of nitrogen functional groups attached to an aromatic ring is 1. The van der Waals surface area contributed by atoms with Crippen LogP contribution in [0.25, 0.3) is 0 Å². The number of hydrogen-bond acceptors (Lipinski definition) is 1. The van der Waals surface area contributed by atoms with Crippen LogP contribution in [0.5, 0.6) is 0 Å². The van der Waals surface area contributed by atoms with Crippen molar-refractivity contribution in [2.45, 2.75) is 13.8 Å². The fourth-order valence-corrected chi connectivity index (χ4v) is 1.46. The average Bonchev–Trinajstić information content (AvgIpc) is 2.00. The van der Waals surface area contributed by atoms with Crippen molar-refractivity contribution >= 4 is 21.8 Å². The van der Waals surface area contributed by atoms with Gasteiger partial charge in [-0.15, -0.1) is 0 Å². The predicted molar refractivity (Wildman–Crippen MR) is 54.6 cm³/mol. The Morgan fingerprint density at radius 1 is 1.42 bits per heavy atom. The van der Waals surface area contributed by atoms with Gasteiger partial charge in [0.15, 0.2) is 0 Å². The Hall–Kier alpha value is -0.830. The van der Waals surface area contributed by atoms with Crippen molar-refractivity contribution < 1.29 is 0 Å². The minimum absolute atomic E-state index is 0.119. The molecule has 0 spiro atoms. The van der Waals surface area contributed by atoms with E-state index >= 15 is 0 Å². The van der Waals surface area contributed by atoms with Gasteiger partial charge in [0.1, 0.15) is 5.84 Å². The van der Waals surface area contributed by atoms with Gasteiger partial charge >= 0.3 is 0 Å². The van der Waals surface area contributed by atoms with E-state index in [-0.39, 0.29) is 5.84 Å². The van der Waals surface area contributed by atoms with Crippen LogP contribution in [0.2, 0.25) is 0 Å². The quantitative estimate of drug-likeness (QED) is 0.561. The first-order valence-electron chi connectivity index (χ1n) is 3.64. The molecule has 1 aromatic rings. The van der Waals surface area contributed by atoms with Crippen LogP contribution in [-0.4, -0.2) is 5.84 Å². The molecule has 0 aliphatic rings. The van der Waals surface area contributed by atoms with Gasteiger partial charge in [-0.3, -0.25) is 5.41 Å². The maximum Gasteiger partial charge on any atom is 0.123 e. The van der Waals surface area contributed by atoms with Gasteiger partial charge in [-0.25, -0.2) is 0 Å². The van der Waals surface area contributed by atoms with E-state index in [0.29, 0.717) is 0 Å². The Morgan fingerprint density at radius 3 is 2.50 bits per heavy atom. The molecule has 3 heteroatoms. The largest absolute Gasteiger partial charge is 0.384 e. The molecule has 0 atom stereocenters. The van der Waals surface area contributed by atoms with Gasteiger partial charge in [0.2, 0.25) is 0 Å². The molecule has 2 nitrogen and oxygen atoms in total. The highest BCUT2D eigenvalue weighted by molar-refractivity contribution is 9.10. The van der Waals surface area contributed by atoms with E-state index in [1.54, 1.807) is 0 Å². The number of amidine groups is 1. The van der Waals surface area contributed by atoms with Crippen LogP contribution >= 0.6 is 15.9 Å². The maximum absolute atomic E-state index is 7.30. The van der Waals surface area contributed by atoms with Gasteiger partial charge in [-0.2, -0.15) is 0 Å². The minimum Gasteiger partial charge on any atom is -0.384 e. The standard InChI is InChI=1S/C9H11BrN2/c1-5-3-4-7(9(11)12)6(2)8(5)10/h3-4H,1-2H3,(H3,11,12). The molecule has 0 saturated heterocycles. The average molecular weight is 227 g/mol. The van der Waals surface area contributed by atoms with Gasteiger partial charge in [-0.1, -0.05) is 28.1 Å². The summed E-state index contributed by atoms with van der Waals surface area (Å²) in [5.74, 6) is 0.119. The van der Waals surface area contributed by atoms with E-state index in [4.69, 9.17) is 11.1 Å². The molecule has 0 aliphatic carbocycles. The SMILES string of the molecule is Cc1ccc(C(=N)N)c(C)c1Br. The summed E-state index contributed by atoms with van der Waals surface area (Å²) in [4.78, 5) is 0. The smallest absolute Gasteiger partial charge is 0.123 e. The topological polar surface area (TPSA) is 49.9 Å². The number of halogens is 1. The molecule has 0 aliphatic heterocycles. The second-order valence-electron chi connectivity index (χ2n) is 2.78. The number of benzene rings is 1. The highest BCUT2D eigenvalue weighted by atomic mass is 79.9. The van der Waals surface area contributed by atoms with Gasteiger partial charge in [0.05, 0.1) is 0 Å². The lowest BCUT2D eigenvalue weighted by molar-refractivity contribution is 1.30. The highest BCUT2D eigenvalue weighted by Gasteiger charge is 2.05. The van der Waals surface area contributed by atoms with E-state index < -0.39 is 0 Å². The van der Waals surface area contributed by atoms with E-state index in [2.05, 4.69) is 15.9 Å². The second-order valence-corrected chi connectivity index (χ2v) is 3.58. The minimum atomic E-state index is 0.119. The van der Waals surface area contributed by atoms with E-state index in [1.807, 2.05) is 26.0 Å². The summed E-state index contributed by atoms with van der Waals surface area (Å²) >= 11 is 3.45. The Morgan fingerprint density at radius 2 is 2.00 bits per heavy atom. The van der Waals surface area contributed by atoms with Crippen molar-refractivity contribution in [1.82, 2.24) is 0 Å². The number of hydrogen-bond donors (Lipinski definition) is 2. The van der Waals surface area contributed by atoms with E-state index in [0.717, 1.165) is 21.2 Å². The number of nitrogens with one attached hydrogen (secondary N) is 1. The number of aryl methyl sites for hydroxylation is 1. The fraction of sp³-hybridized carbons (Fsp3) is 0.222. The van der Waals surface area contributed by atoms with Crippen molar-refractivity contribution in [2.75, 3.05) is 0 Å². The van der Waals surface area contributed by atoms with Crippen LogP contribution in [-0.2, 0) is 0 Å². The molecule has 12 heavy (non-hydrogen) atoms. The third-order valence-corrected chi connectivity index (χ3v) is 3.09. The zero-order valence-corrected chi connectivity index (χ0v) is 8.70. The van der Waals surface area contributed by atoms with Crippen LogP contribution in [0, 0.1) is 19.3 Å². The Bertz CT molecular complexity index is 332. The third kappa shape index (κ3) is 1.50. The summed E-state index contributed by atoms with van der Waals surface area (Å²) in [5, 5.41) is 7.30. The van der Waals surface area contributed by atoms with Gasteiger partial charge < -0.3 is 5.73 Å². The molecule has 0 unspecified atom stereocenters. The van der Waals surface area contributed by atoms with Crippen molar-refractivity contribution in [2.24, 2.45) is 5.73 Å². The van der Waals surface area contributed by atoms with Crippen molar-refractivity contribution in [3.8, 4) is 0 Å². The number of rotatable bonds is 1. The summed E-state index contributed by atoms with van der Waals surface area (Å²) in [6.45, 7) is 3.97. The first-order chi connectivity index (χ1) is 5.54. The maximum atomic E-state index is 7.30. The molecule has 3 N–H and O–H groups in total. The summed E-state index contributed by atoms with van der Waals surface area (Å²) in [6.07, 6.45) is 0. The fourth-order valence-electron chi connectivity index (χ4n) is 1.11. The van der Waals surface area contributed by atoms with Crippen LogP contribution in [0.3, 0.4) is 0 Å². The lowest BCUT2D eigenvalue weighted by atomic mass is 10.1. The molecule has 0 radical (unpaired) electrons. The molecule has 0 amide bonds. The summed E-state index contributed by atoms with van der Waals surface area (Å²) in [6, 6.07) is 3.82. The molecular formula is C9H11BrN2. The molecule has 0 bridgehead atoms. The first-order valence-corrected chi connectivity index (χ1v) is 4.43. The van der Waals surface area contributed by atoms with Crippen LogP contribution in [0.15, 0.2) is 16.6 Å². The third-order valence-electron chi connectivity index (χ3n) is 1.87. The zero-order chi connectivity index (χ0) is 9.30. The highest BCUT2D eigenvalue weighted by Crippen LogP contribution is 2.23. The molecule has 0 aromatic heterocycles. The van der Waals surface area contributed by atoms with Crippen molar-refractivity contribution in [3.63, 3.8) is 0 Å². The normalized spacial score (nSPS) is 9.92. The van der Waals surface area contributed by atoms with Crippen molar-refractivity contribution in [3.05, 3.63) is 33.3 Å². The van der Waals surface area contributed by atoms with Crippen molar-refractivity contribution in [1.29, 1.82) is 5.41 Å². The Balaban J connectivity index is 3.36. The molecule has 0 heterocycles. The van der Waals surface area contributed by atoms with Gasteiger partial charge in [0.25, 0.3) is 0 Å². The van der Waals surface area contributed by atoms with Crippen LogP contribution < -0.4 is 5.73 Å². The van der Waals surface area contributed by atoms with E-state index in [9.17, 15) is 0 Å². The molecule has 1 aromatic carbocycles. The van der Waals surface area contributed by atoms with Gasteiger partial charge in [-0.05, 0) is 25.0 Å². The monoisotopic (exact) mass is 226 g/mol. The second kappa shape index (κ2) is 3.27. The lowest BCUT2D eigenvalue weighted by Gasteiger charge is -2.07. The number of nitrogens with two attached hydrogens (primary N) is 1. The summed E-state index contributed by atoms with van der Waals surface area (Å²) in [7, 11) is 0. The van der Waals surface area contributed by atoms with Gasteiger partial charge in [0, 0.05) is 10.0 Å². The summed E-state index contributed by atoms with van der Waals surface area (Å²) < 4.78 is 1.04. The Labute approximate surface area is 80.4 Å². The molecule has 0 saturated carbocycles.